The molecule has 1 heterocycles. The number of allylic oxidation sites excluding steroid dienone is 3. The van der Waals surface area contributed by atoms with Gasteiger partial charge in [0.05, 0.1) is 6.04 Å². The Labute approximate surface area is 154 Å². The summed E-state index contributed by atoms with van der Waals surface area (Å²) in [7, 11) is 0. The van der Waals surface area contributed by atoms with Gasteiger partial charge in [-0.3, -0.25) is 9.59 Å². The zero-order valence-electron chi connectivity index (χ0n) is 15.5. The maximum Gasteiger partial charge on any atom is 0.259 e. The number of amides is 1. The van der Waals surface area contributed by atoms with Gasteiger partial charge in [-0.2, -0.15) is 0 Å². The molecule has 3 N–H and O–H groups in total. The van der Waals surface area contributed by atoms with Gasteiger partial charge in [-0.1, -0.05) is 38.1 Å². The number of rotatable bonds is 7. The van der Waals surface area contributed by atoms with Crippen molar-refractivity contribution < 1.29 is 19.8 Å². The Morgan fingerprint density at radius 3 is 2.50 bits per heavy atom. The minimum absolute atomic E-state index is 0.112. The number of carbonyl (C=O) groups excluding carboxylic acids is 2. The number of phenols is 1. The van der Waals surface area contributed by atoms with E-state index in [9.17, 15) is 19.8 Å². The van der Waals surface area contributed by atoms with E-state index in [1.54, 1.807) is 24.3 Å². The molecule has 1 saturated heterocycles. The van der Waals surface area contributed by atoms with Crippen LogP contribution in [-0.2, 0) is 16.0 Å². The molecule has 1 aromatic carbocycles. The van der Waals surface area contributed by atoms with E-state index in [1.165, 1.54) is 0 Å². The molecule has 5 heteroatoms. The van der Waals surface area contributed by atoms with Gasteiger partial charge in [0.1, 0.15) is 17.1 Å². The Morgan fingerprint density at radius 2 is 1.88 bits per heavy atom. The van der Waals surface area contributed by atoms with E-state index >= 15 is 0 Å². The van der Waals surface area contributed by atoms with E-state index in [0.29, 0.717) is 18.8 Å². The Bertz CT molecular complexity index is 718. The zero-order chi connectivity index (χ0) is 19.3. The SMILES string of the molecule is CC=CCC(C)CC(C)C(O)=C1C(=O)NC(Cc2ccc(O)cc2)C1=O. The minimum Gasteiger partial charge on any atom is -0.511 e. The van der Waals surface area contributed by atoms with E-state index in [1.807, 2.05) is 19.9 Å². The molecule has 0 spiro atoms. The second kappa shape index (κ2) is 8.70. The summed E-state index contributed by atoms with van der Waals surface area (Å²) >= 11 is 0. The highest BCUT2D eigenvalue weighted by Crippen LogP contribution is 2.26. The second-order valence-electron chi connectivity index (χ2n) is 7.07. The summed E-state index contributed by atoms with van der Waals surface area (Å²) in [6, 6.07) is 5.82. The predicted molar refractivity (Wildman–Crippen MR) is 101 cm³/mol. The number of hydrogen-bond acceptors (Lipinski definition) is 4. The maximum absolute atomic E-state index is 12.6. The molecule has 0 aliphatic carbocycles. The van der Waals surface area contributed by atoms with E-state index in [-0.39, 0.29) is 28.8 Å². The lowest BCUT2D eigenvalue weighted by molar-refractivity contribution is -0.117. The third-order valence-electron chi connectivity index (χ3n) is 4.72. The van der Waals surface area contributed by atoms with Gasteiger partial charge in [0.15, 0.2) is 5.78 Å². The molecule has 1 fully saturated rings. The molecular formula is C21H27NO4. The highest BCUT2D eigenvalue weighted by Gasteiger charge is 2.39. The minimum atomic E-state index is -0.683. The van der Waals surface area contributed by atoms with Crippen LogP contribution >= 0.6 is 0 Å². The van der Waals surface area contributed by atoms with Crippen molar-refractivity contribution in [1.82, 2.24) is 5.32 Å². The molecule has 5 nitrogen and oxygen atoms in total. The first-order valence-corrected chi connectivity index (χ1v) is 9.00. The van der Waals surface area contributed by atoms with Gasteiger partial charge in [0.25, 0.3) is 5.91 Å². The van der Waals surface area contributed by atoms with Crippen molar-refractivity contribution in [2.45, 2.75) is 46.1 Å². The van der Waals surface area contributed by atoms with Crippen LogP contribution in [0.2, 0.25) is 0 Å². The summed E-state index contributed by atoms with van der Waals surface area (Å²) in [6.07, 6.45) is 5.98. The number of aliphatic hydroxyl groups is 1. The average molecular weight is 357 g/mol. The first kappa shape index (κ1) is 19.8. The van der Waals surface area contributed by atoms with E-state index < -0.39 is 11.9 Å². The van der Waals surface area contributed by atoms with Crippen LogP contribution in [0, 0.1) is 11.8 Å². The van der Waals surface area contributed by atoms with Crippen LogP contribution in [0.15, 0.2) is 47.7 Å². The molecule has 26 heavy (non-hydrogen) atoms. The number of hydrogen-bond donors (Lipinski definition) is 3. The molecule has 1 aromatic rings. The number of benzene rings is 1. The number of Topliss-reactive ketones (excluding diaryl/α,β-unsaturated/α-hetero) is 1. The van der Waals surface area contributed by atoms with Crippen molar-refractivity contribution in [2.24, 2.45) is 11.8 Å². The molecule has 2 rings (SSSR count). The number of aromatic hydroxyl groups is 1. The molecule has 140 valence electrons. The van der Waals surface area contributed by atoms with Crippen LogP contribution in [0.4, 0.5) is 0 Å². The molecule has 0 bridgehead atoms. The molecule has 1 aliphatic rings. The van der Waals surface area contributed by atoms with E-state index in [4.69, 9.17) is 0 Å². The van der Waals surface area contributed by atoms with E-state index in [2.05, 4.69) is 18.3 Å². The van der Waals surface area contributed by atoms with Crippen LogP contribution in [0.5, 0.6) is 5.75 Å². The van der Waals surface area contributed by atoms with Gasteiger partial charge >= 0.3 is 0 Å². The van der Waals surface area contributed by atoms with Crippen LogP contribution in [0.1, 0.15) is 39.2 Å². The zero-order valence-corrected chi connectivity index (χ0v) is 15.5. The fraction of sp³-hybridized carbons (Fsp3) is 0.429. The summed E-state index contributed by atoms with van der Waals surface area (Å²) in [4.78, 5) is 24.9. The van der Waals surface area contributed by atoms with Crippen molar-refractivity contribution in [2.75, 3.05) is 0 Å². The molecule has 3 unspecified atom stereocenters. The lowest BCUT2D eigenvalue weighted by Gasteiger charge is -2.16. The Kier molecular flexibility index (Phi) is 6.61. The van der Waals surface area contributed by atoms with Gasteiger partial charge in [-0.05, 0) is 43.4 Å². The molecule has 0 aromatic heterocycles. The first-order valence-electron chi connectivity index (χ1n) is 9.00. The molecule has 0 saturated carbocycles. The van der Waals surface area contributed by atoms with Crippen LogP contribution < -0.4 is 5.32 Å². The fourth-order valence-electron chi connectivity index (χ4n) is 3.26. The van der Waals surface area contributed by atoms with Crippen molar-refractivity contribution in [3.63, 3.8) is 0 Å². The van der Waals surface area contributed by atoms with Gasteiger partial charge in [0.2, 0.25) is 0 Å². The largest absolute Gasteiger partial charge is 0.511 e. The van der Waals surface area contributed by atoms with E-state index in [0.717, 1.165) is 12.0 Å². The molecule has 0 radical (unpaired) electrons. The summed E-state index contributed by atoms with van der Waals surface area (Å²) in [5.74, 6) is -0.760. The normalized spacial score (nSPS) is 21.7. The number of carbonyl (C=O) groups is 2. The van der Waals surface area contributed by atoms with Gasteiger partial charge in [0, 0.05) is 12.3 Å². The quantitative estimate of drug-likeness (QED) is 0.302. The highest BCUT2D eigenvalue weighted by atomic mass is 16.3. The fourth-order valence-corrected chi connectivity index (χ4v) is 3.26. The first-order chi connectivity index (χ1) is 12.3. The lowest BCUT2D eigenvalue weighted by atomic mass is 9.90. The molecular weight excluding hydrogens is 330 g/mol. The third-order valence-corrected chi connectivity index (χ3v) is 4.72. The van der Waals surface area contributed by atoms with Crippen LogP contribution in [0.3, 0.4) is 0 Å². The van der Waals surface area contributed by atoms with Crippen molar-refractivity contribution in [3.05, 3.63) is 53.3 Å². The maximum atomic E-state index is 12.6. The standard InChI is InChI=1S/C21H27NO4/c1-4-5-6-13(2)11-14(3)19(24)18-20(25)17(22-21(18)26)12-15-7-9-16(23)10-8-15/h4-5,7-10,13-14,17,23-24H,6,11-12H2,1-3H3,(H,22,26). The average Bonchev–Trinajstić information content (AvgIpc) is 2.88. The number of ketones is 1. The molecule has 1 aliphatic heterocycles. The highest BCUT2D eigenvalue weighted by molar-refractivity contribution is 6.26. The lowest BCUT2D eigenvalue weighted by Crippen LogP contribution is -2.31. The smallest absolute Gasteiger partial charge is 0.259 e. The Balaban J connectivity index is 2.10. The number of phenolic OH excluding ortho intramolecular Hbond substituents is 1. The van der Waals surface area contributed by atoms with Crippen LogP contribution in [-0.4, -0.2) is 27.9 Å². The predicted octanol–water partition coefficient (Wildman–Crippen LogP) is 3.44. The van der Waals surface area contributed by atoms with Gasteiger partial charge in [-0.15, -0.1) is 0 Å². The summed E-state index contributed by atoms with van der Waals surface area (Å²) in [5.41, 5.74) is 0.717. The topological polar surface area (TPSA) is 86.6 Å². The monoisotopic (exact) mass is 357 g/mol. The Hall–Kier alpha value is -2.56. The molecule has 1 amide bonds. The summed E-state index contributed by atoms with van der Waals surface area (Å²) < 4.78 is 0. The summed E-state index contributed by atoms with van der Waals surface area (Å²) in [5, 5.41) is 22.5. The van der Waals surface area contributed by atoms with Gasteiger partial charge in [-0.25, -0.2) is 0 Å². The van der Waals surface area contributed by atoms with Crippen molar-refractivity contribution >= 4 is 11.7 Å². The molecule has 3 atom stereocenters. The summed E-state index contributed by atoms with van der Waals surface area (Å²) in [6.45, 7) is 5.88. The second-order valence-corrected chi connectivity index (χ2v) is 7.07. The third kappa shape index (κ3) is 4.75. The number of nitrogens with one attached hydrogen (secondary N) is 1. The van der Waals surface area contributed by atoms with Crippen LogP contribution in [0.25, 0.3) is 0 Å². The van der Waals surface area contributed by atoms with Gasteiger partial charge < -0.3 is 15.5 Å². The number of aliphatic hydroxyl groups excluding tert-OH is 1. The van der Waals surface area contributed by atoms with Crippen molar-refractivity contribution in [3.8, 4) is 5.75 Å². The van der Waals surface area contributed by atoms with Crippen molar-refractivity contribution in [1.29, 1.82) is 0 Å². The Morgan fingerprint density at radius 1 is 1.23 bits per heavy atom.